The highest BCUT2D eigenvalue weighted by molar-refractivity contribution is 5.80. The molecule has 1 atom stereocenters. The van der Waals surface area contributed by atoms with Crippen LogP contribution in [0.4, 0.5) is 5.69 Å². The van der Waals surface area contributed by atoms with E-state index < -0.39 is 0 Å². The molecule has 4 rings (SSSR count). The van der Waals surface area contributed by atoms with Crippen LogP contribution in [0, 0.1) is 0 Å². The fourth-order valence-electron chi connectivity index (χ4n) is 3.58. The summed E-state index contributed by atoms with van der Waals surface area (Å²) >= 11 is 0. The van der Waals surface area contributed by atoms with Crippen LogP contribution in [-0.2, 0) is 4.79 Å². The summed E-state index contributed by atoms with van der Waals surface area (Å²) < 4.78 is 5.85. The lowest BCUT2D eigenvalue weighted by Gasteiger charge is -2.35. The van der Waals surface area contributed by atoms with Gasteiger partial charge in [-0.25, -0.2) is 0 Å². The zero-order chi connectivity index (χ0) is 18.6. The Balaban J connectivity index is 1.28. The van der Waals surface area contributed by atoms with Crippen molar-refractivity contribution in [3.8, 4) is 0 Å². The number of carbonyl (C=O) groups excluding carboxylic acids is 1. The van der Waals surface area contributed by atoms with Crippen LogP contribution < -0.4 is 10.2 Å². The van der Waals surface area contributed by atoms with E-state index in [1.54, 1.807) is 0 Å². The fourth-order valence-corrected chi connectivity index (χ4v) is 3.58. The third-order valence-corrected chi connectivity index (χ3v) is 5.11. The molecule has 2 heterocycles. The second-order valence-electron chi connectivity index (χ2n) is 7.07. The van der Waals surface area contributed by atoms with Gasteiger partial charge in [0.25, 0.3) is 0 Å². The highest BCUT2D eigenvalue weighted by Gasteiger charge is 2.20. The minimum Gasteiger partial charge on any atom is -0.459 e. The molecule has 0 spiro atoms. The van der Waals surface area contributed by atoms with Crippen molar-refractivity contribution in [2.45, 2.75) is 13.0 Å². The van der Waals surface area contributed by atoms with Crippen LogP contribution in [0.2, 0.25) is 0 Å². The quantitative estimate of drug-likeness (QED) is 0.754. The Morgan fingerprint density at radius 2 is 1.74 bits per heavy atom. The minimum atomic E-state index is -0.143. The number of nitrogens with zero attached hydrogens (tertiary/aromatic N) is 2. The van der Waals surface area contributed by atoms with E-state index in [1.165, 1.54) is 5.69 Å². The number of para-hydroxylation sites is 2. The second kappa shape index (κ2) is 7.84. The zero-order valence-corrected chi connectivity index (χ0v) is 15.6. The minimum absolute atomic E-state index is 0.0381. The van der Waals surface area contributed by atoms with Gasteiger partial charge in [0.1, 0.15) is 11.3 Å². The summed E-state index contributed by atoms with van der Waals surface area (Å²) in [5.41, 5.74) is 2.10. The number of nitrogens with one attached hydrogen (secondary N) is 1. The number of carbonyl (C=O) groups is 1. The van der Waals surface area contributed by atoms with Crippen molar-refractivity contribution >= 4 is 22.6 Å². The van der Waals surface area contributed by atoms with Gasteiger partial charge in [0.2, 0.25) is 5.91 Å². The monoisotopic (exact) mass is 363 g/mol. The van der Waals surface area contributed by atoms with Crippen molar-refractivity contribution in [2.75, 3.05) is 37.6 Å². The third-order valence-electron chi connectivity index (χ3n) is 5.11. The Bertz CT molecular complexity index is 865. The molecule has 0 saturated carbocycles. The summed E-state index contributed by atoms with van der Waals surface area (Å²) in [7, 11) is 0. The van der Waals surface area contributed by atoms with Crippen LogP contribution in [0.5, 0.6) is 0 Å². The van der Waals surface area contributed by atoms with Crippen molar-refractivity contribution < 1.29 is 9.21 Å². The van der Waals surface area contributed by atoms with E-state index in [4.69, 9.17) is 4.42 Å². The van der Waals surface area contributed by atoms with Crippen LogP contribution in [-0.4, -0.2) is 43.5 Å². The molecule has 27 heavy (non-hydrogen) atoms. The Morgan fingerprint density at radius 1 is 1.04 bits per heavy atom. The summed E-state index contributed by atoms with van der Waals surface area (Å²) in [5, 5.41) is 4.12. The van der Waals surface area contributed by atoms with Gasteiger partial charge in [0.15, 0.2) is 0 Å². The Kier molecular flexibility index (Phi) is 5.12. The maximum Gasteiger partial charge on any atom is 0.234 e. The number of benzene rings is 2. The third kappa shape index (κ3) is 4.14. The molecule has 5 nitrogen and oxygen atoms in total. The first-order valence-corrected chi connectivity index (χ1v) is 9.49. The molecule has 0 unspecified atom stereocenters. The van der Waals surface area contributed by atoms with Gasteiger partial charge in [-0.15, -0.1) is 0 Å². The van der Waals surface area contributed by atoms with Crippen LogP contribution in [0.25, 0.3) is 11.0 Å². The van der Waals surface area contributed by atoms with Gasteiger partial charge < -0.3 is 14.6 Å². The van der Waals surface area contributed by atoms with Gasteiger partial charge in [0.05, 0.1) is 12.6 Å². The molecule has 3 aromatic rings. The van der Waals surface area contributed by atoms with E-state index in [-0.39, 0.29) is 11.9 Å². The van der Waals surface area contributed by atoms with Crippen LogP contribution in [0.1, 0.15) is 18.7 Å². The molecular weight excluding hydrogens is 338 g/mol. The largest absolute Gasteiger partial charge is 0.459 e. The summed E-state index contributed by atoms with van der Waals surface area (Å²) in [6, 6.07) is 20.2. The van der Waals surface area contributed by atoms with Crippen LogP contribution in [0.15, 0.2) is 65.1 Å². The van der Waals surface area contributed by atoms with Crippen molar-refractivity contribution in [1.29, 1.82) is 0 Å². The maximum atomic E-state index is 12.5. The molecule has 140 valence electrons. The number of piperazine rings is 1. The smallest absolute Gasteiger partial charge is 0.234 e. The average molecular weight is 363 g/mol. The molecule has 1 fully saturated rings. The van der Waals surface area contributed by atoms with Crippen LogP contribution >= 0.6 is 0 Å². The van der Waals surface area contributed by atoms with E-state index in [0.717, 1.165) is 42.9 Å². The molecule has 1 N–H and O–H groups in total. The number of anilines is 1. The lowest BCUT2D eigenvalue weighted by atomic mass is 10.2. The number of rotatable bonds is 5. The fraction of sp³-hybridized carbons (Fsp3) is 0.318. The Morgan fingerprint density at radius 3 is 2.48 bits per heavy atom. The lowest BCUT2D eigenvalue weighted by Crippen LogP contribution is -2.49. The predicted octanol–water partition coefficient (Wildman–Crippen LogP) is 3.43. The van der Waals surface area contributed by atoms with E-state index in [9.17, 15) is 4.79 Å². The van der Waals surface area contributed by atoms with E-state index in [0.29, 0.717) is 6.54 Å². The van der Waals surface area contributed by atoms with Gasteiger partial charge in [-0.3, -0.25) is 9.69 Å². The number of hydrogen-bond acceptors (Lipinski definition) is 4. The molecule has 1 aromatic heterocycles. The molecule has 2 aromatic carbocycles. The van der Waals surface area contributed by atoms with Gasteiger partial charge in [-0.2, -0.15) is 0 Å². The molecule has 1 aliphatic heterocycles. The standard InChI is InChI=1S/C22H25N3O2/c1-17(21-15-18-7-5-6-10-20(18)27-21)23-22(26)16-24-11-13-25(14-12-24)19-8-3-2-4-9-19/h2-10,15,17H,11-14,16H2,1H3,(H,23,26)/t17-/m0/s1. The van der Waals surface area contributed by atoms with Gasteiger partial charge >= 0.3 is 0 Å². The molecule has 0 aliphatic carbocycles. The predicted molar refractivity (Wildman–Crippen MR) is 108 cm³/mol. The summed E-state index contributed by atoms with van der Waals surface area (Å²) in [6.07, 6.45) is 0. The van der Waals surface area contributed by atoms with Gasteiger partial charge in [0, 0.05) is 37.3 Å². The molecule has 1 saturated heterocycles. The van der Waals surface area contributed by atoms with E-state index in [1.807, 2.05) is 43.3 Å². The number of fused-ring (bicyclic) bond motifs is 1. The average Bonchev–Trinajstić information content (AvgIpc) is 3.14. The number of amides is 1. The molecule has 1 amide bonds. The van der Waals surface area contributed by atoms with Crippen molar-refractivity contribution in [3.05, 3.63) is 66.4 Å². The van der Waals surface area contributed by atoms with Crippen LogP contribution in [0.3, 0.4) is 0 Å². The summed E-state index contributed by atoms with van der Waals surface area (Å²) in [6.45, 7) is 6.05. The van der Waals surface area contributed by atoms with E-state index in [2.05, 4.69) is 39.4 Å². The molecule has 0 bridgehead atoms. The summed E-state index contributed by atoms with van der Waals surface area (Å²) in [4.78, 5) is 17.0. The summed E-state index contributed by atoms with van der Waals surface area (Å²) in [5.74, 6) is 0.828. The maximum absolute atomic E-state index is 12.5. The Labute approximate surface area is 159 Å². The van der Waals surface area contributed by atoms with Gasteiger partial charge in [-0.1, -0.05) is 36.4 Å². The van der Waals surface area contributed by atoms with Crippen molar-refractivity contribution in [1.82, 2.24) is 10.2 Å². The van der Waals surface area contributed by atoms with Crippen molar-refractivity contribution in [2.24, 2.45) is 0 Å². The molecule has 1 aliphatic rings. The number of furan rings is 1. The Hall–Kier alpha value is -2.79. The first-order chi connectivity index (χ1) is 13.2. The topological polar surface area (TPSA) is 48.7 Å². The second-order valence-corrected chi connectivity index (χ2v) is 7.07. The molecular formula is C22H25N3O2. The number of hydrogen-bond donors (Lipinski definition) is 1. The van der Waals surface area contributed by atoms with Gasteiger partial charge in [-0.05, 0) is 31.2 Å². The molecule has 5 heteroatoms. The normalized spacial score (nSPS) is 16.4. The lowest BCUT2D eigenvalue weighted by molar-refractivity contribution is -0.123. The zero-order valence-electron chi connectivity index (χ0n) is 15.6. The van der Waals surface area contributed by atoms with E-state index >= 15 is 0 Å². The highest BCUT2D eigenvalue weighted by Crippen LogP contribution is 2.23. The first-order valence-electron chi connectivity index (χ1n) is 9.49. The highest BCUT2D eigenvalue weighted by atomic mass is 16.3. The van der Waals surface area contributed by atoms with Crippen molar-refractivity contribution in [3.63, 3.8) is 0 Å². The molecule has 0 radical (unpaired) electrons. The first kappa shape index (κ1) is 17.6. The SMILES string of the molecule is C[C@H](NC(=O)CN1CCN(c2ccccc2)CC1)c1cc2ccccc2o1.